The first kappa shape index (κ1) is 10.8. The number of aromatic carboxylic acids is 1. The molecule has 16 heavy (non-hydrogen) atoms. The Morgan fingerprint density at radius 1 is 1.25 bits per heavy atom. The van der Waals surface area contributed by atoms with Crippen LogP contribution in [-0.2, 0) is 0 Å². The fourth-order valence-electron chi connectivity index (χ4n) is 1.13. The molecule has 0 amide bonds. The van der Waals surface area contributed by atoms with Gasteiger partial charge in [0.05, 0.1) is 4.47 Å². The molecule has 1 aromatic carbocycles. The minimum atomic E-state index is -1.12. The van der Waals surface area contributed by atoms with Crippen molar-refractivity contribution >= 4 is 21.9 Å². The Hall–Kier alpha value is -1.75. The summed E-state index contributed by atoms with van der Waals surface area (Å²) >= 11 is 3.31. The van der Waals surface area contributed by atoms with E-state index >= 15 is 0 Å². The lowest BCUT2D eigenvalue weighted by Crippen LogP contribution is -1.91. The highest BCUT2D eigenvalue weighted by Gasteiger charge is 2.11. The number of hydrogen-bond acceptors (Lipinski definition) is 3. The van der Waals surface area contributed by atoms with Crippen LogP contribution in [-0.4, -0.2) is 11.1 Å². The molecule has 0 saturated heterocycles. The number of hydrogen-bond donors (Lipinski definition) is 1. The zero-order valence-corrected chi connectivity index (χ0v) is 9.60. The summed E-state index contributed by atoms with van der Waals surface area (Å²) in [6.07, 6.45) is 0. The number of benzene rings is 1. The van der Waals surface area contributed by atoms with Gasteiger partial charge in [0.2, 0.25) is 5.76 Å². The molecule has 0 aliphatic rings. The molecule has 0 aliphatic carbocycles. The minimum Gasteiger partial charge on any atom is -0.475 e. The highest BCUT2D eigenvalue weighted by atomic mass is 79.9. The van der Waals surface area contributed by atoms with Gasteiger partial charge in [0.1, 0.15) is 5.75 Å². The number of para-hydroxylation sites is 1. The molecular weight excluding hydrogens is 276 g/mol. The average molecular weight is 283 g/mol. The van der Waals surface area contributed by atoms with Crippen LogP contribution >= 0.6 is 15.9 Å². The van der Waals surface area contributed by atoms with Crippen LogP contribution in [0.3, 0.4) is 0 Å². The minimum absolute atomic E-state index is 0.143. The fourth-order valence-corrected chi connectivity index (χ4v) is 1.49. The third-order valence-corrected chi connectivity index (χ3v) is 2.49. The summed E-state index contributed by atoms with van der Waals surface area (Å²) in [5.41, 5.74) is 0. The third kappa shape index (κ3) is 2.25. The van der Waals surface area contributed by atoms with Crippen LogP contribution < -0.4 is 4.74 Å². The normalized spacial score (nSPS) is 10.1. The monoisotopic (exact) mass is 282 g/mol. The lowest BCUT2D eigenvalue weighted by Gasteiger charge is -2.03. The predicted octanol–water partition coefficient (Wildman–Crippen LogP) is 3.53. The molecule has 1 aromatic heterocycles. The van der Waals surface area contributed by atoms with Gasteiger partial charge >= 0.3 is 5.97 Å². The number of carboxylic acid groups (broad SMARTS) is 1. The molecule has 0 atom stereocenters. The summed E-state index contributed by atoms with van der Waals surface area (Å²) in [5, 5.41) is 8.66. The molecule has 4 nitrogen and oxygen atoms in total. The molecule has 5 heteroatoms. The maximum absolute atomic E-state index is 10.6. The quantitative estimate of drug-likeness (QED) is 0.936. The Morgan fingerprint density at radius 3 is 2.62 bits per heavy atom. The van der Waals surface area contributed by atoms with Crippen molar-refractivity contribution < 1.29 is 19.1 Å². The lowest BCUT2D eigenvalue weighted by molar-refractivity contribution is 0.0657. The Kier molecular flexibility index (Phi) is 2.96. The predicted molar refractivity (Wildman–Crippen MR) is 59.9 cm³/mol. The van der Waals surface area contributed by atoms with Crippen molar-refractivity contribution in [1.82, 2.24) is 0 Å². The van der Waals surface area contributed by atoms with Crippen molar-refractivity contribution in [2.75, 3.05) is 0 Å². The maximum atomic E-state index is 10.6. The van der Waals surface area contributed by atoms with Crippen molar-refractivity contribution in [2.24, 2.45) is 0 Å². The molecule has 0 aliphatic heterocycles. The third-order valence-electron chi connectivity index (χ3n) is 1.84. The molecule has 0 saturated carbocycles. The second-order valence-corrected chi connectivity index (χ2v) is 3.81. The first-order valence-corrected chi connectivity index (χ1v) is 5.21. The van der Waals surface area contributed by atoms with Crippen molar-refractivity contribution in [3.63, 3.8) is 0 Å². The number of rotatable bonds is 3. The van der Waals surface area contributed by atoms with Gasteiger partial charge in [0.25, 0.3) is 5.95 Å². The molecule has 0 fully saturated rings. The van der Waals surface area contributed by atoms with Gasteiger partial charge in [0.15, 0.2) is 0 Å². The van der Waals surface area contributed by atoms with Crippen LogP contribution in [0.1, 0.15) is 10.6 Å². The van der Waals surface area contributed by atoms with E-state index in [9.17, 15) is 4.79 Å². The van der Waals surface area contributed by atoms with Gasteiger partial charge in [-0.1, -0.05) is 12.1 Å². The largest absolute Gasteiger partial charge is 0.475 e. The summed E-state index contributed by atoms with van der Waals surface area (Å²) in [5.74, 6) is -0.567. The number of halogens is 1. The molecule has 82 valence electrons. The van der Waals surface area contributed by atoms with Crippen molar-refractivity contribution in [3.8, 4) is 11.7 Å². The van der Waals surface area contributed by atoms with E-state index in [0.717, 1.165) is 4.47 Å². The van der Waals surface area contributed by atoms with Crippen LogP contribution in [0.4, 0.5) is 0 Å². The zero-order chi connectivity index (χ0) is 11.5. The Labute approximate surface area is 99.6 Å². The molecule has 1 N–H and O–H groups in total. The molecule has 2 aromatic rings. The molecule has 1 heterocycles. The van der Waals surface area contributed by atoms with Crippen molar-refractivity contribution in [3.05, 3.63) is 46.6 Å². The van der Waals surface area contributed by atoms with Crippen LogP contribution in [0, 0.1) is 0 Å². The Balaban J connectivity index is 2.21. The van der Waals surface area contributed by atoms with Gasteiger partial charge < -0.3 is 14.3 Å². The van der Waals surface area contributed by atoms with Crippen LogP contribution in [0.25, 0.3) is 0 Å². The number of carboxylic acids is 1. The van der Waals surface area contributed by atoms with E-state index < -0.39 is 5.97 Å². The topological polar surface area (TPSA) is 59.7 Å². The van der Waals surface area contributed by atoms with E-state index in [0.29, 0.717) is 5.75 Å². The smallest absolute Gasteiger partial charge is 0.371 e. The first-order chi connectivity index (χ1) is 7.66. The molecule has 2 rings (SSSR count). The summed E-state index contributed by atoms with van der Waals surface area (Å²) in [7, 11) is 0. The van der Waals surface area contributed by atoms with Gasteiger partial charge in [-0.15, -0.1) is 0 Å². The number of carbonyl (C=O) groups is 1. The van der Waals surface area contributed by atoms with Gasteiger partial charge in [0, 0.05) is 6.07 Å². The summed E-state index contributed by atoms with van der Waals surface area (Å²) in [6.45, 7) is 0. The highest BCUT2D eigenvalue weighted by Crippen LogP contribution is 2.30. The SMILES string of the molecule is O=C(O)c1ccc(Oc2ccccc2Br)o1. The second-order valence-electron chi connectivity index (χ2n) is 2.96. The van der Waals surface area contributed by atoms with Crippen LogP contribution in [0.15, 0.2) is 45.3 Å². The number of ether oxygens (including phenoxy) is 1. The van der Waals surface area contributed by atoms with E-state index in [1.165, 1.54) is 12.1 Å². The summed E-state index contributed by atoms with van der Waals surface area (Å²) in [4.78, 5) is 10.6. The van der Waals surface area contributed by atoms with Crippen LogP contribution in [0.5, 0.6) is 11.7 Å². The van der Waals surface area contributed by atoms with Gasteiger partial charge in [-0.05, 0) is 34.1 Å². The Morgan fingerprint density at radius 2 is 2.00 bits per heavy atom. The van der Waals surface area contributed by atoms with Gasteiger partial charge in [-0.2, -0.15) is 0 Å². The standard InChI is InChI=1S/C11H7BrO4/c12-7-3-1-2-4-8(7)15-10-6-5-9(16-10)11(13)14/h1-6H,(H,13,14). The second kappa shape index (κ2) is 4.40. The summed E-state index contributed by atoms with van der Waals surface area (Å²) in [6, 6.07) is 10.0. The molecular formula is C11H7BrO4. The van der Waals surface area contributed by atoms with E-state index in [1.54, 1.807) is 12.1 Å². The van der Waals surface area contributed by atoms with Crippen LogP contribution in [0.2, 0.25) is 0 Å². The van der Waals surface area contributed by atoms with Gasteiger partial charge in [-0.25, -0.2) is 4.79 Å². The maximum Gasteiger partial charge on any atom is 0.371 e. The molecule has 0 radical (unpaired) electrons. The molecule has 0 bridgehead atoms. The highest BCUT2D eigenvalue weighted by molar-refractivity contribution is 9.10. The van der Waals surface area contributed by atoms with E-state index in [1.807, 2.05) is 12.1 Å². The van der Waals surface area contributed by atoms with E-state index in [-0.39, 0.29) is 11.7 Å². The number of furan rings is 1. The van der Waals surface area contributed by atoms with E-state index in [2.05, 4.69) is 15.9 Å². The van der Waals surface area contributed by atoms with Gasteiger partial charge in [-0.3, -0.25) is 0 Å². The van der Waals surface area contributed by atoms with E-state index in [4.69, 9.17) is 14.3 Å². The lowest BCUT2D eigenvalue weighted by atomic mass is 10.3. The average Bonchev–Trinajstić information content (AvgIpc) is 2.70. The zero-order valence-electron chi connectivity index (χ0n) is 8.01. The Bertz CT molecular complexity index is 518. The fraction of sp³-hybridized carbons (Fsp3) is 0. The summed E-state index contributed by atoms with van der Waals surface area (Å²) < 4.78 is 11.1. The van der Waals surface area contributed by atoms with Crippen molar-refractivity contribution in [2.45, 2.75) is 0 Å². The molecule has 0 unspecified atom stereocenters. The van der Waals surface area contributed by atoms with Crippen molar-refractivity contribution in [1.29, 1.82) is 0 Å². The molecule has 0 spiro atoms. The first-order valence-electron chi connectivity index (χ1n) is 4.42.